The molecule has 1 saturated heterocycles. The molecule has 0 bridgehead atoms. The molecule has 1 aliphatic heterocycles. The zero-order valence-electron chi connectivity index (χ0n) is 8.94. The van der Waals surface area contributed by atoms with Crippen LogP contribution < -0.4 is 0 Å². The fraction of sp³-hybridized carbons (Fsp3) is 1.00. The molecule has 0 aromatic carbocycles. The van der Waals surface area contributed by atoms with Crippen LogP contribution in [-0.2, 0) is 0 Å². The van der Waals surface area contributed by atoms with Crippen molar-refractivity contribution < 1.29 is 0 Å². The molecule has 72 valence electrons. The third-order valence-electron chi connectivity index (χ3n) is 2.80. The van der Waals surface area contributed by atoms with E-state index < -0.39 is 0 Å². The summed E-state index contributed by atoms with van der Waals surface area (Å²) in [5, 5.41) is 0. The summed E-state index contributed by atoms with van der Waals surface area (Å²) in [5.41, 5.74) is 1.13. The summed E-state index contributed by atoms with van der Waals surface area (Å²) in [6, 6.07) is 0. The van der Waals surface area contributed by atoms with E-state index in [2.05, 4.69) is 39.5 Å². The van der Waals surface area contributed by atoms with Crippen LogP contribution in [0.15, 0.2) is 0 Å². The highest BCUT2D eigenvalue weighted by Crippen LogP contribution is 2.41. The summed E-state index contributed by atoms with van der Waals surface area (Å²) in [4.78, 5) is 0. The van der Waals surface area contributed by atoms with Gasteiger partial charge in [-0.15, -0.1) is 0 Å². The first-order chi connectivity index (χ1) is 5.41. The minimum absolute atomic E-state index is 0.566. The molecule has 0 aromatic heterocycles. The molecule has 1 rings (SSSR count). The smallest absolute Gasteiger partial charge is 0.00624 e. The molecule has 0 aromatic rings. The fourth-order valence-electron chi connectivity index (χ4n) is 2.27. The van der Waals surface area contributed by atoms with Gasteiger partial charge >= 0.3 is 0 Å². The average molecular weight is 186 g/mol. The third kappa shape index (κ3) is 3.38. The highest BCUT2D eigenvalue weighted by Gasteiger charge is 2.29. The van der Waals surface area contributed by atoms with E-state index in [4.69, 9.17) is 0 Å². The first-order valence-corrected chi connectivity index (χ1v) is 6.15. The molecule has 1 aliphatic rings. The molecular weight excluding hydrogens is 164 g/mol. The monoisotopic (exact) mass is 186 g/mol. The maximum atomic E-state index is 2.42. The van der Waals surface area contributed by atoms with Gasteiger partial charge in [0.15, 0.2) is 0 Å². The minimum atomic E-state index is 0.566. The Morgan fingerprint density at radius 3 is 1.67 bits per heavy atom. The molecule has 0 radical (unpaired) electrons. The second-order valence-electron chi connectivity index (χ2n) is 5.62. The Morgan fingerprint density at radius 1 is 0.833 bits per heavy atom. The highest BCUT2D eigenvalue weighted by atomic mass is 32.2. The van der Waals surface area contributed by atoms with Gasteiger partial charge in [0, 0.05) is 0 Å². The summed E-state index contributed by atoms with van der Waals surface area (Å²) < 4.78 is 0. The topological polar surface area (TPSA) is 0 Å². The van der Waals surface area contributed by atoms with Gasteiger partial charge in [0.05, 0.1) is 0 Å². The number of thioether (sulfide) groups is 1. The molecule has 1 fully saturated rings. The average Bonchev–Trinajstić information content (AvgIpc) is 1.80. The number of rotatable bonds is 0. The maximum absolute atomic E-state index is 2.42. The zero-order chi connectivity index (χ0) is 9.24. The Hall–Kier alpha value is 0.350. The molecule has 12 heavy (non-hydrogen) atoms. The summed E-state index contributed by atoms with van der Waals surface area (Å²) >= 11 is 2.13. The van der Waals surface area contributed by atoms with Gasteiger partial charge in [-0.05, 0) is 41.6 Å². The molecule has 0 atom stereocenters. The van der Waals surface area contributed by atoms with Crippen molar-refractivity contribution in [1.29, 1.82) is 0 Å². The lowest BCUT2D eigenvalue weighted by Crippen LogP contribution is -2.26. The van der Waals surface area contributed by atoms with Gasteiger partial charge in [0.25, 0.3) is 0 Å². The molecule has 1 heterocycles. The van der Waals surface area contributed by atoms with Crippen LogP contribution in [0, 0.1) is 10.8 Å². The van der Waals surface area contributed by atoms with Crippen LogP contribution in [0.2, 0.25) is 0 Å². The lowest BCUT2D eigenvalue weighted by Gasteiger charge is -2.37. The quantitative estimate of drug-likeness (QED) is 0.552. The lowest BCUT2D eigenvalue weighted by molar-refractivity contribution is 0.182. The van der Waals surface area contributed by atoms with Crippen molar-refractivity contribution in [3.8, 4) is 0 Å². The van der Waals surface area contributed by atoms with Gasteiger partial charge in [-0.25, -0.2) is 0 Å². The van der Waals surface area contributed by atoms with Crippen LogP contribution in [0.1, 0.15) is 47.0 Å². The van der Waals surface area contributed by atoms with Crippen molar-refractivity contribution >= 4 is 11.8 Å². The van der Waals surface area contributed by atoms with E-state index in [9.17, 15) is 0 Å². The fourth-order valence-corrected chi connectivity index (χ4v) is 3.87. The van der Waals surface area contributed by atoms with E-state index in [0.717, 1.165) is 0 Å². The predicted octanol–water partition coefficient (Wildman–Crippen LogP) is 3.96. The number of hydrogen-bond donors (Lipinski definition) is 0. The van der Waals surface area contributed by atoms with Crippen molar-refractivity contribution in [3.05, 3.63) is 0 Å². The van der Waals surface area contributed by atoms with Gasteiger partial charge < -0.3 is 0 Å². The predicted molar refractivity (Wildman–Crippen MR) is 58.7 cm³/mol. The molecule has 0 spiro atoms. The van der Waals surface area contributed by atoms with Crippen LogP contribution >= 0.6 is 11.8 Å². The molecular formula is C11H22S. The Bertz CT molecular complexity index is 131. The molecule has 0 N–H and O–H groups in total. The second kappa shape index (κ2) is 3.61. The van der Waals surface area contributed by atoms with Gasteiger partial charge in [-0.2, -0.15) is 11.8 Å². The Balaban J connectivity index is 2.58. The standard InChI is InChI=1S/C11H22S/c1-10(2)5-7-12-8-6-11(3,4)9-10/h5-9H2,1-4H3. The van der Waals surface area contributed by atoms with Crippen molar-refractivity contribution in [2.45, 2.75) is 47.0 Å². The maximum Gasteiger partial charge on any atom is -0.00624 e. The van der Waals surface area contributed by atoms with Crippen LogP contribution in [0.4, 0.5) is 0 Å². The summed E-state index contributed by atoms with van der Waals surface area (Å²) in [7, 11) is 0. The summed E-state index contributed by atoms with van der Waals surface area (Å²) in [6.45, 7) is 9.67. The van der Waals surface area contributed by atoms with Crippen molar-refractivity contribution in [2.75, 3.05) is 11.5 Å². The van der Waals surface area contributed by atoms with Crippen molar-refractivity contribution in [1.82, 2.24) is 0 Å². The molecule has 0 saturated carbocycles. The lowest BCUT2D eigenvalue weighted by atomic mass is 9.72. The third-order valence-corrected chi connectivity index (χ3v) is 3.79. The van der Waals surface area contributed by atoms with E-state index in [1.54, 1.807) is 0 Å². The largest absolute Gasteiger partial charge is 0.162 e. The normalized spacial score (nSPS) is 29.0. The van der Waals surface area contributed by atoms with E-state index >= 15 is 0 Å². The van der Waals surface area contributed by atoms with Gasteiger partial charge in [-0.3, -0.25) is 0 Å². The molecule has 0 nitrogen and oxygen atoms in total. The van der Waals surface area contributed by atoms with Gasteiger partial charge in [0.2, 0.25) is 0 Å². The van der Waals surface area contributed by atoms with Crippen LogP contribution in [0.25, 0.3) is 0 Å². The van der Waals surface area contributed by atoms with Crippen LogP contribution in [-0.4, -0.2) is 11.5 Å². The van der Waals surface area contributed by atoms with E-state index in [0.29, 0.717) is 10.8 Å². The molecule has 0 unspecified atom stereocenters. The van der Waals surface area contributed by atoms with E-state index in [1.807, 2.05) is 0 Å². The molecule has 0 amide bonds. The summed E-state index contributed by atoms with van der Waals surface area (Å²) in [6.07, 6.45) is 4.17. The van der Waals surface area contributed by atoms with Crippen LogP contribution in [0.3, 0.4) is 0 Å². The minimum Gasteiger partial charge on any atom is -0.162 e. The van der Waals surface area contributed by atoms with Crippen molar-refractivity contribution in [2.24, 2.45) is 10.8 Å². The van der Waals surface area contributed by atoms with Crippen molar-refractivity contribution in [3.63, 3.8) is 0 Å². The summed E-state index contributed by atoms with van der Waals surface area (Å²) in [5.74, 6) is 2.73. The first-order valence-electron chi connectivity index (χ1n) is 4.99. The second-order valence-corrected chi connectivity index (χ2v) is 6.84. The first kappa shape index (κ1) is 10.4. The number of hydrogen-bond acceptors (Lipinski definition) is 1. The van der Waals surface area contributed by atoms with E-state index in [1.165, 1.54) is 30.8 Å². The Morgan fingerprint density at radius 2 is 1.25 bits per heavy atom. The molecule has 0 aliphatic carbocycles. The Kier molecular flexibility index (Phi) is 3.14. The van der Waals surface area contributed by atoms with E-state index in [-0.39, 0.29) is 0 Å². The SMILES string of the molecule is CC1(C)CCSCCC(C)(C)C1. The van der Waals surface area contributed by atoms with Crippen LogP contribution in [0.5, 0.6) is 0 Å². The Labute approximate surface area is 81.5 Å². The highest BCUT2D eigenvalue weighted by molar-refractivity contribution is 7.99. The molecule has 1 heteroatoms. The van der Waals surface area contributed by atoms with Gasteiger partial charge in [0.1, 0.15) is 0 Å². The van der Waals surface area contributed by atoms with Gasteiger partial charge in [-0.1, -0.05) is 27.7 Å². The zero-order valence-corrected chi connectivity index (χ0v) is 9.76.